The van der Waals surface area contributed by atoms with Gasteiger partial charge in [-0.1, -0.05) is 37.6 Å². The molecule has 0 aliphatic heterocycles. The zero-order valence-corrected chi connectivity index (χ0v) is 7.38. The number of allylic oxidation sites excluding steroid dienone is 2. The van der Waals surface area contributed by atoms with E-state index in [2.05, 4.69) is 32.1 Å². The minimum atomic E-state index is 0.258. The van der Waals surface area contributed by atoms with Crippen molar-refractivity contribution in [1.29, 1.82) is 0 Å². The van der Waals surface area contributed by atoms with E-state index in [9.17, 15) is 0 Å². The van der Waals surface area contributed by atoms with Crippen LogP contribution in [-0.4, -0.2) is 6.04 Å². The molecule has 11 heavy (non-hydrogen) atoms. The first-order chi connectivity index (χ1) is 5.18. The topological polar surface area (TPSA) is 26.0 Å². The molecule has 0 bridgehead atoms. The summed E-state index contributed by atoms with van der Waals surface area (Å²) in [4.78, 5) is 0. The van der Waals surface area contributed by atoms with Gasteiger partial charge >= 0.3 is 0 Å². The predicted octanol–water partition coefficient (Wildman–Crippen LogP) is 2.25. The van der Waals surface area contributed by atoms with Gasteiger partial charge in [0.2, 0.25) is 0 Å². The van der Waals surface area contributed by atoms with Crippen LogP contribution < -0.4 is 5.73 Å². The van der Waals surface area contributed by atoms with E-state index in [1.807, 2.05) is 0 Å². The summed E-state index contributed by atoms with van der Waals surface area (Å²) in [5, 5.41) is 0. The van der Waals surface area contributed by atoms with E-state index in [1.165, 1.54) is 5.57 Å². The maximum Gasteiger partial charge on any atom is 0.0264 e. The second kappa shape index (κ2) is 3.72. The minimum absolute atomic E-state index is 0.258. The fourth-order valence-electron chi connectivity index (χ4n) is 1.38. The van der Waals surface area contributed by atoms with Gasteiger partial charge in [0.05, 0.1) is 0 Å². The zero-order chi connectivity index (χ0) is 8.27. The Morgan fingerprint density at radius 1 is 1.64 bits per heavy atom. The van der Waals surface area contributed by atoms with E-state index < -0.39 is 0 Å². The van der Waals surface area contributed by atoms with Crippen LogP contribution in [-0.2, 0) is 0 Å². The summed E-state index contributed by atoms with van der Waals surface area (Å²) < 4.78 is 0. The molecular weight excluding hydrogens is 134 g/mol. The van der Waals surface area contributed by atoms with Crippen molar-refractivity contribution >= 4 is 0 Å². The van der Waals surface area contributed by atoms with Crippen LogP contribution >= 0.6 is 0 Å². The number of rotatable bonds is 2. The fraction of sp³-hybridized carbons (Fsp3) is 0.600. The lowest BCUT2D eigenvalue weighted by Crippen LogP contribution is -2.18. The number of nitrogens with two attached hydrogens (primary N) is 1. The van der Waals surface area contributed by atoms with Crippen LogP contribution in [0.25, 0.3) is 0 Å². The van der Waals surface area contributed by atoms with Crippen molar-refractivity contribution in [3.05, 3.63) is 23.8 Å². The summed E-state index contributed by atoms with van der Waals surface area (Å²) in [7, 11) is 0. The first-order valence-corrected chi connectivity index (χ1v) is 4.31. The molecule has 1 heteroatoms. The summed E-state index contributed by atoms with van der Waals surface area (Å²) in [6.07, 6.45) is 8.71. The Kier molecular flexibility index (Phi) is 2.89. The standard InChI is InChI=1S/C10H17N/c1-8(2)6-9-4-3-5-10(11)7-9/h3-4,7-8,10H,5-6,11H2,1-2H3. The molecule has 0 fully saturated rings. The Morgan fingerprint density at radius 3 is 2.91 bits per heavy atom. The Morgan fingerprint density at radius 2 is 2.36 bits per heavy atom. The molecule has 0 saturated carbocycles. The van der Waals surface area contributed by atoms with Crippen molar-refractivity contribution in [1.82, 2.24) is 0 Å². The lowest BCUT2D eigenvalue weighted by Gasteiger charge is -2.13. The van der Waals surface area contributed by atoms with Crippen molar-refractivity contribution in [2.75, 3.05) is 0 Å². The third-order valence-electron chi connectivity index (χ3n) is 1.81. The zero-order valence-electron chi connectivity index (χ0n) is 7.38. The molecule has 0 saturated heterocycles. The van der Waals surface area contributed by atoms with Gasteiger partial charge in [0, 0.05) is 6.04 Å². The molecule has 0 amide bonds. The highest BCUT2D eigenvalue weighted by Crippen LogP contribution is 2.16. The van der Waals surface area contributed by atoms with Crippen LogP contribution in [0.2, 0.25) is 0 Å². The Bertz CT molecular complexity index is 177. The average molecular weight is 151 g/mol. The first-order valence-electron chi connectivity index (χ1n) is 4.31. The van der Waals surface area contributed by atoms with Crippen molar-refractivity contribution in [2.45, 2.75) is 32.7 Å². The van der Waals surface area contributed by atoms with Gasteiger partial charge in [0.25, 0.3) is 0 Å². The molecule has 0 radical (unpaired) electrons. The average Bonchev–Trinajstić information content (AvgIpc) is 1.85. The smallest absolute Gasteiger partial charge is 0.0264 e. The van der Waals surface area contributed by atoms with Crippen LogP contribution in [0.4, 0.5) is 0 Å². The van der Waals surface area contributed by atoms with Crippen molar-refractivity contribution in [2.24, 2.45) is 11.7 Å². The highest BCUT2D eigenvalue weighted by Gasteiger charge is 2.05. The summed E-state index contributed by atoms with van der Waals surface area (Å²) >= 11 is 0. The summed E-state index contributed by atoms with van der Waals surface area (Å²) in [5.74, 6) is 0.733. The lowest BCUT2D eigenvalue weighted by molar-refractivity contribution is 0.641. The second-order valence-corrected chi connectivity index (χ2v) is 3.64. The molecule has 1 aliphatic rings. The molecule has 1 atom stereocenters. The Labute approximate surface area is 69.0 Å². The van der Waals surface area contributed by atoms with E-state index >= 15 is 0 Å². The monoisotopic (exact) mass is 151 g/mol. The Balaban J connectivity index is 2.50. The van der Waals surface area contributed by atoms with Crippen molar-refractivity contribution in [3.8, 4) is 0 Å². The number of hydrogen-bond acceptors (Lipinski definition) is 1. The van der Waals surface area contributed by atoms with Crippen LogP contribution in [0.5, 0.6) is 0 Å². The molecule has 0 heterocycles. The minimum Gasteiger partial charge on any atom is -0.324 e. The van der Waals surface area contributed by atoms with Gasteiger partial charge in [0.15, 0.2) is 0 Å². The molecule has 1 aliphatic carbocycles. The second-order valence-electron chi connectivity index (χ2n) is 3.64. The maximum atomic E-state index is 5.77. The van der Waals surface area contributed by atoms with Crippen LogP contribution in [0, 0.1) is 5.92 Å². The van der Waals surface area contributed by atoms with E-state index in [4.69, 9.17) is 5.73 Å². The van der Waals surface area contributed by atoms with Gasteiger partial charge in [-0.05, 0) is 18.8 Å². The van der Waals surface area contributed by atoms with E-state index in [-0.39, 0.29) is 6.04 Å². The van der Waals surface area contributed by atoms with Crippen LogP contribution in [0.1, 0.15) is 26.7 Å². The normalized spacial score (nSPS) is 24.0. The molecule has 1 nitrogen and oxygen atoms in total. The van der Waals surface area contributed by atoms with Gasteiger partial charge in [-0.25, -0.2) is 0 Å². The van der Waals surface area contributed by atoms with Gasteiger partial charge in [0.1, 0.15) is 0 Å². The van der Waals surface area contributed by atoms with E-state index in [0.717, 1.165) is 18.8 Å². The summed E-state index contributed by atoms with van der Waals surface area (Å²) in [6, 6.07) is 0.258. The lowest BCUT2D eigenvalue weighted by atomic mass is 9.96. The molecule has 62 valence electrons. The van der Waals surface area contributed by atoms with Crippen molar-refractivity contribution in [3.63, 3.8) is 0 Å². The van der Waals surface area contributed by atoms with Crippen molar-refractivity contribution < 1.29 is 0 Å². The molecule has 0 spiro atoms. The molecule has 2 N–H and O–H groups in total. The summed E-state index contributed by atoms with van der Waals surface area (Å²) in [6.45, 7) is 4.46. The molecule has 0 aromatic carbocycles. The maximum absolute atomic E-state index is 5.77. The molecular formula is C10H17N. The quantitative estimate of drug-likeness (QED) is 0.643. The SMILES string of the molecule is CC(C)CC1=CC(N)CC=C1. The fourth-order valence-corrected chi connectivity index (χ4v) is 1.38. The van der Waals surface area contributed by atoms with Gasteiger partial charge in [-0.15, -0.1) is 0 Å². The molecule has 1 rings (SSSR count). The van der Waals surface area contributed by atoms with Gasteiger partial charge in [-0.2, -0.15) is 0 Å². The largest absolute Gasteiger partial charge is 0.324 e. The predicted molar refractivity (Wildman–Crippen MR) is 49.3 cm³/mol. The highest BCUT2D eigenvalue weighted by atomic mass is 14.6. The highest BCUT2D eigenvalue weighted by molar-refractivity contribution is 5.25. The van der Waals surface area contributed by atoms with Crippen LogP contribution in [0.15, 0.2) is 23.8 Å². The van der Waals surface area contributed by atoms with E-state index in [0.29, 0.717) is 0 Å². The Hall–Kier alpha value is -0.560. The molecule has 0 aromatic rings. The van der Waals surface area contributed by atoms with Gasteiger partial charge < -0.3 is 5.73 Å². The molecule has 1 unspecified atom stereocenters. The third kappa shape index (κ3) is 2.89. The van der Waals surface area contributed by atoms with Gasteiger partial charge in [-0.3, -0.25) is 0 Å². The number of hydrogen-bond donors (Lipinski definition) is 1. The third-order valence-corrected chi connectivity index (χ3v) is 1.81. The van der Waals surface area contributed by atoms with Crippen LogP contribution in [0.3, 0.4) is 0 Å². The summed E-state index contributed by atoms with van der Waals surface area (Å²) in [5.41, 5.74) is 7.17. The first kappa shape index (κ1) is 8.54. The molecule has 0 aromatic heterocycles. The van der Waals surface area contributed by atoms with E-state index in [1.54, 1.807) is 0 Å².